The second-order valence-corrected chi connectivity index (χ2v) is 6.03. The number of aromatic nitrogens is 1. The first-order chi connectivity index (χ1) is 9.70. The molecule has 2 aromatic heterocycles. The van der Waals surface area contributed by atoms with Gasteiger partial charge in [-0.15, -0.1) is 11.3 Å². The summed E-state index contributed by atoms with van der Waals surface area (Å²) >= 11 is 7.80. The van der Waals surface area contributed by atoms with Gasteiger partial charge in [-0.3, -0.25) is 0 Å². The van der Waals surface area contributed by atoms with Crippen molar-refractivity contribution in [1.82, 2.24) is 4.98 Å². The van der Waals surface area contributed by atoms with Crippen molar-refractivity contribution in [2.45, 2.75) is 13.3 Å². The monoisotopic (exact) mass is 303 g/mol. The number of aliphatic hydroxyl groups is 1. The van der Waals surface area contributed by atoms with Crippen LogP contribution in [0.25, 0.3) is 21.5 Å². The maximum absolute atomic E-state index is 9.20. The molecule has 0 unspecified atom stereocenters. The van der Waals surface area contributed by atoms with Gasteiger partial charge >= 0.3 is 0 Å². The van der Waals surface area contributed by atoms with Gasteiger partial charge in [0.2, 0.25) is 0 Å². The number of aliphatic hydroxyl groups excluding tert-OH is 1. The van der Waals surface area contributed by atoms with Gasteiger partial charge in [0.15, 0.2) is 0 Å². The van der Waals surface area contributed by atoms with Crippen LogP contribution < -0.4 is 0 Å². The maximum atomic E-state index is 9.20. The molecule has 0 amide bonds. The molecule has 2 heterocycles. The lowest BCUT2D eigenvalue weighted by Gasteiger charge is -2.09. The summed E-state index contributed by atoms with van der Waals surface area (Å²) < 4.78 is 0. The highest BCUT2D eigenvalue weighted by molar-refractivity contribution is 7.14. The summed E-state index contributed by atoms with van der Waals surface area (Å²) in [4.78, 5) is 5.77. The minimum atomic E-state index is 0.129. The van der Waals surface area contributed by atoms with Crippen LogP contribution in [0.1, 0.15) is 11.1 Å². The van der Waals surface area contributed by atoms with Gasteiger partial charge in [0.05, 0.1) is 21.1 Å². The summed E-state index contributed by atoms with van der Waals surface area (Å²) in [5.74, 6) is 0. The number of halogens is 1. The molecule has 0 fully saturated rings. The zero-order chi connectivity index (χ0) is 14.1. The molecule has 0 aliphatic carbocycles. The van der Waals surface area contributed by atoms with Crippen LogP contribution >= 0.6 is 22.9 Å². The highest BCUT2D eigenvalue weighted by atomic mass is 35.5. The predicted molar refractivity (Wildman–Crippen MR) is 85.6 cm³/mol. The average molecular weight is 304 g/mol. The standard InChI is InChI=1S/C16H14ClNOS/c1-10-9-14(16-13(17)6-8-20-16)18-15-11(5-7-19)3-2-4-12(10)15/h2-4,6,8-9,19H,5,7H2,1H3. The lowest BCUT2D eigenvalue weighted by molar-refractivity contribution is 0.300. The third-order valence-electron chi connectivity index (χ3n) is 3.36. The molecule has 1 N–H and O–H groups in total. The Balaban J connectivity index is 2.27. The van der Waals surface area contributed by atoms with Crippen LogP contribution in [0.4, 0.5) is 0 Å². The molecule has 3 aromatic rings. The maximum Gasteiger partial charge on any atom is 0.0827 e. The van der Waals surface area contributed by atoms with Crippen molar-refractivity contribution < 1.29 is 5.11 Å². The zero-order valence-electron chi connectivity index (χ0n) is 11.1. The molecular weight excluding hydrogens is 290 g/mol. The van der Waals surface area contributed by atoms with E-state index in [0.29, 0.717) is 6.42 Å². The molecule has 20 heavy (non-hydrogen) atoms. The Bertz CT molecular complexity index is 766. The Morgan fingerprint density at radius 3 is 2.85 bits per heavy atom. The van der Waals surface area contributed by atoms with E-state index in [-0.39, 0.29) is 6.61 Å². The Labute approximate surface area is 126 Å². The Kier molecular flexibility index (Phi) is 3.74. The van der Waals surface area contributed by atoms with Crippen LogP contribution in [-0.4, -0.2) is 16.7 Å². The van der Waals surface area contributed by atoms with Gasteiger partial charge in [0, 0.05) is 12.0 Å². The first kappa shape index (κ1) is 13.6. The van der Waals surface area contributed by atoms with E-state index in [1.165, 1.54) is 5.56 Å². The Morgan fingerprint density at radius 1 is 1.30 bits per heavy atom. The molecule has 0 aliphatic rings. The van der Waals surface area contributed by atoms with Gasteiger partial charge in [-0.2, -0.15) is 0 Å². The molecular formula is C16H14ClNOS. The van der Waals surface area contributed by atoms with E-state index in [9.17, 15) is 5.11 Å². The van der Waals surface area contributed by atoms with Gasteiger partial charge in [0.1, 0.15) is 0 Å². The SMILES string of the molecule is Cc1cc(-c2sccc2Cl)nc2c(CCO)cccc12. The lowest BCUT2D eigenvalue weighted by Crippen LogP contribution is -1.96. The number of hydrogen-bond acceptors (Lipinski definition) is 3. The van der Waals surface area contributed by atoms with E-state index >= 15 is 0 Å². The molecule has 0 atom stereocenters. The van der Waals surface area contributed by atoms with Gasteiger partial charge in [-0.1, -0.05) is 29.8 Å². The minimum Gasteiger partial charge on any atom is -0.396 e. The topological polar surface area (TPSA) is 33.1 Å². The minimum absolute atomic E-state index is 0.129. The van der Waals surface area contributed by atoms with E-state index in [2.05, 4.69) is 19.1 Å². The number of thiophene rings is 1. The molecule has 102 valence electrons. The third kappa shape index (κ3) is 2.33. The smallest absolute Gasteiger partial charge is 0.0827 e. The van der Waals surface area contributed by atoms with Crippen LogP contribution in [-0.2, 0) is 6.42 Å². The first-order valence-corrected chi connectivity index (χ1v) is 7.70. The lowest BCUT2D eigenvalue weighted by atomic mass is 10.0. The fraction of sp³-hybridized carbons (Fsp3) is 0.188. The predicted octanol–water partition coefficient (Wildman–Crippen LogP) is 4.46. The van der Waals surface area contributed by atoms with Gasteiger partial charge < -0.3 is 5.11 Å². The molecule has 3 rings (SSSR count). The van der Waals surface area contributed by atoms with E-state index < -0.39 is 0 Å². The quantitative estimate of drug-likeness (QED) is 0.775. The molecule has 0 spiro atoms. The second-order valence-electron chi connectivity index (χ2n) is 4.71. The largest absolute Gasteiger partial charge is 0.396 e. The van der Waals surface area contributed by atoms with Crippen molar-refractivity contribution in [2.75, 3.05) is 6.61 Å². The highest BCUT2D eigenvalue weighted by Gasteiger charge is 2.11. The van der Waals surface area contributed by atoms with Crippen molar-refractivity contribution in [3.63, 3.8) is 0 Å². The first-order valence-electron chi connectivity index (χ1n) is 6.44. The van der Waals surface area contributed by atoms with Crippen LogP contribution in [0.2, 0.25) is 5.02 Å². The van der Waals surface area contributed by atoms with Gasteiger partial charge in [-0.25, -0.2) is 4.98 Å². The van der Waals surface area contributed by atoms with E-state index in [1.807, 2.05) is 23.6 Å². The molecule has 0 radical (unpaired) electrons. The number of rotatable bonds is 3. The number of hydrogen-bond donors (Lipinski definition) is 1. The molecule has 0 saturated heterocycles. The molecule has 4 heteroatoms. The number of benzene rings is 1. The van der Waals surface area contributed by atoms with Gasteiger partial charge in [-0.05, 0) is 42.0 Å². The summed E-state index contributed by atoms with van der Waals surface area (Å²) in [5.41, 5.74) is 4.11. The van der Waals surface area contributed by atoms with Crippen LogP contribution in [0.3, 0.4) is 0 Å². The normalized spacial score (nSPS) is 11.2. The van der Waals surface area contributed by atoms with Gasteiger partial charge in [0.25, 0.3) is 0 Å². The summed E-state index contributed by atoms with van der Waals surface area (Å²) in [5, 5.41) is 13.0. The van der Waals surface area contributed by atoms with Crippen molar-refractivity contribution >= 4 is 33.8 Å². The molecule has 0 aliphatic heterocycles. The average Bonchev–Trinajstić information content (AvgIpc) is 2.86. The van der Waals surface area contributed by atoms with Crippen LogP contribution in [0, 0.1) is 6.92 Å². The number of nitrogens with zero attached hydrogens (tertiary/aromatic N) is 1. The number of para-hydroxylation sites is 1. The van der Waals surface area contributed by atoms with Crippen molar-refractivity contribution in [3.05, 3.63) is 51.9 Å². The van der Waals surface area contributed by atoms with E-state index in [1.54, 1.807) is 11.3 Å². The second kappa shape index (κ2) is 5.52. The highest BCUT2D eigenvalue weighted by Crippen LogP contribution is 2.34. The molecule has 0 saturated carbocycles. The van der Waals surface area contributed by atoms with Crippen molar-refractivity contribution in [1.29, 1.82) is 0 Å². The molecule has 0 bridgehead atoms. The molecule has 1 aromatic carbocycles. The Hall–Kier alpha value is -1.42. The van der Waals surface area contributed by atoms with E-state index in [4.69, 9.17) is 16.6 Å². The summed E-state index contributed by atoms with van der Waals surface area (Å²) in [7, 11) is 0. The Morgan fingerprint density at radius 2 is 2.15 bits per heavy atom. The van der Waals surface area contributed by atoms with Crippen LogP contribution in [0.5, 0.6) is 0 Å². The fourth-order valence-electron chi connectivity index (χ4n) is 2.39. The summed E-state index contributed by atoms with van der Waals surface area (Å²) in [6.07, 6.45) is 0.616. The summed E-state index contributed by atoms with van der Waals surface area (Å²) in [6.45, 7) is 2.21. The molecule has 2 nitrogen and oxygen atoms in total. The van der Waals surface area contributed by atoms with Crippen LogP contribution in [0.15, 0.2) is 35.7 Å². The van der Waals surface area contributed by atoms with Crippen molar-refractivity contribution in [2.24, 2.45) is 0 Å². The number of aryl methyl sites for hydroxylation is 1. The summed E-state index contributed by atoms with van der Waals surface area (Å²) in [6, 6.07) is 10.1. The third-order valence-corrected chi connectivity index (χ3v) is 4.72. The van der Waals surface area contributed by atoms with Crippen molar-refractivity contribution in [3.8, 4) is 10.6 Å². The fourth-order valence-corrected chi connectivity index (χ4v) is 3.51. The van der Waals surface area contributed by atoms with E-state index in [0.717, 1.165) is 32.1 Å². The number of pyridine rings is 1. The zero-order valence-corrected chi connectivity index (χ0v) is 12.6. The number of fused-ring (bicyclic) bond motifs is 1.